The highest BCUT2D eigenvalue weighted by Crippen LogP contribution is 2.19. The molecule has 0 bridgehead atoms. The first-order chi connectivity index (χ1) is 7.24. The number of rotatable bonds is 2. The van der Waals surface area contributed by atoms with Gasteiger partial charge in [0.2, 0.25) is 0 Å². The van der Waals surface area contributed by atoms with Gasteiger partial charge in [-0.25, -0.2) is 8.78 Å². The van der Waals surface area contributed by atoms with Crippen LogP contribution in [-0.4, -0.2) is 19.3 Å². The second kappa shape index (κ2) is 4.57. The molecule has 0 aliphatic carbocycles. The van der Waals surface area contributed by atoms with Gasteiger partial charge in [0.15, 0.2) is 0 Å². The van der Waals surface area contributed by atoms with Crippen molar-refractivity contribution in [2.45, 2.75) is 18.9 Å². The van der Waals surface area contributed by atoms with Crippen molar-refractivity contribution < 1.29 is 18.3 Å². The van der Waals surface area contributed by atoms with Gasteiger partial charge in [0.05, 0.1) is 6.61 Å². The zero-order chi connectivity index (χ0) is 10.7. The third kappa shape index (κ3) is 2.89. The van der Waals surface area contributed by atoms with Crippen molar-refractivity contribution >= 4 is 0 Å². The Morgan fingerprint density at radius 3 is 2.53 bits per heavy atom. The van der Waals surface area contributed by atoms with Gasteiger partial charge in [-0.15, -0.1) is 0 Å². The predicted octanol–water partition coefficient (Wildman–Crippen LogP) is 2.52. The number of hydrogen-bond acceptors (Lipinski definition) is 2. The summed E-state index contributed by atoms with van der Waals surface area (Å²) in [6.07, 6.45) is 1.68. The van der Waals surface area contributed by atoms with Crippen LogP contribution in [-0.2, 0) is 4.74 Å². The lowest BCUT2D eigenvalue weighted by Gasteiger charge is -2.23. The standard InChI is InChI=1S/C11H12F2O2/c12-8-4-9(13)6-11(5-8)15-10-2-1-3-14-7-10/h4-6,10H,1-3,7H2/t10-/m0/s1. The van der Waals surface area contributed by atoms with E-state index in [0.717, 1.165) is 25.5 Å². The van der Waals surface area contributed by atoms with E-state index in [1.165, 1.54) is 12.1 Å². The Morgan fingerprint density at radius 1 is 1.20 bits per heavy atom. The van der Waals surface area contributed by atoms with Crippen LogP contribution in [0.3, 0.4) is 0 Å². The fourth-order valence-electron chi connectivity index (χ4n) is 1.59. The van der Waals surface area contributed by atoms with E-state index in [0.29, 0.717) is 6.61 Å². The van der Waals surface area contributed by atoms with Crippen molar-refractivity contribution in [3.8, 4) is 5.75 Å². The lowest BCUT2D eigenvalue weighted by Crippen LogP contribution is -2.28. The lowest BCUT2D eigenvalue weighted by atomic mass is 10.2. The first kappa shape index (κ1) is 10.4. The predicted molar refractivity (Wildman–Crippen MR) is 50.8 cm³/mol. The molecule has 0 amide bonds. The zero-order valence-electron chi connectivity index (χ0n) is 8.21. The van der Waals surface area contributed by atoms with Crippen LogP contribution in [0.4, 0.5) is 8.78 Å². The van der Waals surface area contributed by atoms with E-state index in [2.05, 4.69) is 0 Å². The molecule has 15 heavy (non-hydrogen) atoms. The minimum Gasteiger partial charge on any atom is -0.488 e. The Morgan fingerprint density at radius 2 is 1.93 bits per heavy atom. The van der Waals surface area contributed by atoms with Crippen LogP contribution >= 0.6 is 0 Å². The van der Waals surface area contributed by atoms with Gasteiger partial charge >= 0.3 is 0 Å². The number of halogens is 2. The molecule has 1 fully saturated rings. The Kier molecular flexibility index (Phi) is 3.16. The van der Waals surface area contributed by atoms with E-state index in [-0.39, 0.29) is 11.9 Å². The molecule has 0 N–H and O–H groups in total. The summed E-state index contributed by atoms with van der Waals surface area (Å²) in [5, 5.41) is 0. The second-order valence-corrected chi connectivity index (χ2v) is 3.56. The van der Waals surface area contributed by atoms with Crippen LogP contribution in [0.15, 0.2) is 18.2 Å². The van der Waals surface area contributed by atoms with Crippen molar-refractivity contribution in [1.29, 1.82) is 0 Å². The van der Waals surface area contributed by atoms with Gasteiger partial charge in [0, 0.05) is 24.8 Å². The van der Waals surface area contributed by atoms with E-state index in [1.54, 1.807) is 0 Å². The van der Waals surface area contributed by atoms with Gasteiger partial charge in [0.1, 0.15) is 23.5 Å². The largest absolute Gasteiger partial charge is 0.488 e. The maximum Gasteiger partial charge on any atom is 0.129 e. The summed E-state index contributed by atoms with van der Waals surface area (Å²) in [5.74, 6) is -1.02. The number of ether oxygens (including phenoxy) is 2. The van der Waals surface area contributed by atoms with Crippen molar-refractivity contribution in [3.63, 3.8) is 0 Å². The van der Waals surface area contributed by atoms with E-state index in [1.807, 2.05) is 0 Å². The quantitative estimate of drug-likeness (QED) is 0.753. The molecule has 0 aromatic heterocycles. The summed E-state index contributed by atoms with van der Waals surface area (Å²) >= 11 is 0. The first-order valence-electron chi connectivity index (χ1n) is 4.94. The minimum absolute atomic E-state index is 0.0973. The van der Waals surface area contributed by atoms with Crippen LogP contribution in [0.5, 0.6) is 5.75 Å². The Bertz CT molecular complexity index is 315. The van der Waals surface area contributed by atoms with E-state index in [9.17, 15) is 8.78 Å². The molecule has 0 spiro atoms. The first-order valence-corrected chi connectivity index (χ1v) is 4.94. The maximum absolute atomic E-state index is 12.8. The molecule has 4 heteroatoms. The van der Waals surface area contributed by atoms with Gasteiger partial charge in [0.25, 0.3) is 0 Å². The second-order valence-electron chi connectivity index (χ2n) is 3.56. The highest BCUT2D eigenvalue weighted by Gasteiger charge is 2.15. The summed E-state index contributed by atoms with van der Waals surface area (Å²) in [4.78, 5) is 0. The average molecular weight is 214 g/mol. The highest BCUT2D eigenvalue weighted by molar-refractivity contribution is 5.24. The molecule has 2 rings (SSSR count). The van der Waals surface area contributed by atoms with E-state index < -0.39 is 11.6 Å². The molecule has 1 aliphatic heterocycles. The molecule has 0 saturated carbocycles. The summed E-state index contributed by atoms with van der Waals surface area (Å²) < 4.78 is 36.3. The summed E-state index contributed by atoms with van der Waals surface area (Å²) in [6, 6.07) is 3.18. The normalized spacial score (nSPS) is 21.3. The smallest absolute Gasteiger partial charge is 0.129 e. The zero-order valence-corrected chi connectivity index (χ0v) is 8.21. The number of benzene rings is 1. The SMILES string of the molecule is Fc1cc(F)cc(O[C@H]2CCCOC2)c1. The van der Waals surface area contributed by atoms with Gasteiger partial charge in [-0.1, -0.05) is 0 Å². The third-order valence-electron chi connectivity index (χ3n) is 2.26. The van der Waals surface area contributed by atoms with Crippen molar-refractivity contribution in [1.82, 2.24) is 0 Å². The van der Waals surface area contributed by atoms with Crippen LogP contribution in [0.25, 0.3) is 0 Å². The monoisotopic (exact) mass is 214 g/mol. The van der Waals surface area contributed by atoms with Gasteiger partial charge in [-0.05, 0) is 12.8 Å². The molecule has 2 nitrogen and oxygen atoms in total. The topological polar surface area (TPSA) is 18.5 Å². The van der Waals surface area contributed by atoms with E-state index in [4.69, 9.17) is 9.47 Å². The Balaban J connectivity index is 2.02. The molecule has 1 saturated heterocycles. The molecule has 0 radical (unpaired) electrons. The Labute approximate surface area is 86.8 Å². The van der Waals surface area contributed by atoms with Gasteiger partial charge in [-0.3, -0.25) is 0 Å². The molecule has 82 valence electrons. The van der Waals surface area contributed by atoms with Crippen LogP contribution < -0.4 is 4.74 Å². The number of hydrogen-bond donors (Lipinski definition) is 0. The summed E-state index contributed by atoms with van der Waals surface area (Å²) in [5.41, 5.74) is 0. The minimum atomic E-state index is -0.623. The van der Waals surface area contributed by atoms with Crippen LogP contribution in [0.1, 0.15) is 12.8 Å². The van der Waals surface area contributed by atoms with Gasteiger partial charge < -0.3 is 9.47 Å². The molecule has 0 unspecified atom stereocenters. The third-order valence-corrected chi connectivity index (χ3v) is 2.26. The Hall–Kier alpha value is -1.16. The highest BCUT2D eigenvalue weighted by atomic mass is 19.1. The molecule has 1 aromatic carbocycles. The van der Waals surface area contributed by atoms with Crippen molar-refractivity contribution in [2.24, 2.45) is 0 Å². The summed E-state index contributed by atoms with van der Waals surface area (Å²) in [7, 11) is 0. The fourth-order valence-corrected chi connectivity index (χ4v) is 1.59. The molecular weight excluding hydrogens is 202 g/mol. The summed E-state index contributed by atoms with van der Waals surface area (Å²) in [6.45, 7) is 1.22. The lowest BCUT2D eigenvalue weighted by molar-refractivity contribution is 0.00719. The van der Waals surface area contributed by atoms with Crippen LogP contribution in [0.2, 0.25) is 0 Å². The maximum atomic E-state index is 12.8. The molecule has 1 atom stereocenters. The fraction of sp³-hybridized carbons (Fsp3) is 0.455. The molecule has 1 aliphatic rings. The average Bonchev–Trinajstić information content (AvgIpc) is 2.17. The van der Waals surface area contributed by atoms with E-state index >= 15 is 0 Å². The van der Waals surface area contributed by atoms with Crippen molar-refractivity contribution in [3.05, 3.63) is 29.8 Å². The molecular formula is C11H12F2O2. The molecule has 1 aromatic rings. The van der Waals surface area contributed by atoms with Crippen molar-refractivity contribution in [2.75, 3.05) is 13.2 Å². The van der Waals surface area contributed by atoms with Gasteiger partial charge in [-0.2, -0.15) is 0 Å². The van der Waals surface area contributed by atoms with Crippen LogP contribution in [0, 0.1) is 11.6 Å². The molecule has 1 heterocycles.